The quantitative estimate of drug-likeness (QED) is 0.467. The van der Waals surface area contributed by atoms with Crippen molar-refractivity contribution in [3.8, 4) is 18.1 Å². The fraction of sp³-hybridized carbons (Fsp3) is 0.333. The van der Waals surface area contributed by atoms with E-state index in [0.717, 1.165) is 0 Å². The van der Waals surface area contributed by atoms with Gasteiger partial charge in [0.2, 0.25) is 0 Å². The summed E-state index contributed by atoms with van der Waals surface area (Å²) in [6.45, 7) is 4.56. The third-order valence-corrected chi connectivity index (χ3v) is 3.48. The van der Waals surface area contributed by atoms with Crippen LogP contribution in [0.4, 0.5) is 3.89 Å². The van der Waals surface area contributed by atoms with Crippen molar-refractivity contribution >= 4 is 23.1 Å². The zero-order valence-electron chi connectivity index (χ0n) is 11.3. The first-order valence-corrected chi connectivity index (χ1v) is 6.97. The summed E-state index contributed by atoms with van der Waals surface area (Å²) in [5.41, 5.74) is 1.55. The van der Waals surface area contributed by atoms with E-state index in [0.29, 0.717) is 16.7 Å². The molecule has 0 amide bonds. The Balaban J connectivity index is 3.71. The molecule has 1 rings (SSSR count). The van der Waals surface area contributed by atoms with Crippen LogP contribution in [0.2, 0.25) is 0 Å². The predicted molar refractivity (Wildman–Crippen MR) is 73.7 cm³/mol. The molecule has 0 atom stereocenters. The van der Waals surface area contributed by atoms with Gasteiger partial charge in [0, 0.05) is 6.42 Å². The van der Waals surface area contributed by atoms with Gasteiger partial charge in [-0.05, 0) is 48.5 Å². The summed E-state index contributed by atoms with van der Waals surface area (Å²) in [6, 6.07) is 0. The van der Waals surface area contributed by atoms with Crippen LogP contribution in [0.3, 0.4) is 0 Å². The standard InChI is InChI=1S/C12H14BFO5S/c1-5-6-10-7(2)11(13(15)16)9(4)12(8(10)3)19-20(14,17)18/h1,15-16H,6H2,2-4H3. The van der Waals surface area contributed by atoms with Gasteiger partial charge >= 0.3 is 17.6 Å². The second-order valence-corrected chi connectivity index (χ2v) is 5.28. The van der Waals surface area contributed by atoms with Gasteiger partial charge in [0.05, 0.1) is 0 Å². The number of halogens is 1. The minimum atomic E-state index is -5.22. The number of hydrogen-bond donors (Lipinski definition) is 2. The summed E-state index contributed by atoms with van der Waals surface area (Å²) in [5, 5.41) is 18.8. The highest BCUT2D eigenvalue weighted by molar-refractivity contribution is 7.81. The molecule has 20 heavy (non-hydrogen) atoms. The fourth-order valence-corrected chi connectivity index (χ4v) is 2.69. The van der Waals surface area contributed by atoms with E-state index < -0.39 is 17.6 Å². The van der Waals surface area contributed by atoms with Crippen molar-refractivity contribution in [3.63, 3.8) is 0 Å². The molecule has 0 saturated heterocycles. The minimum absolute atomic E-state index is 0.0551. The molecule has 108 valence electrons. The molecule has 0 aliphatic heterocycles. The molecule has 0 spiro atoms. The third-order valence-electron chi connectivity index (χ3n) is 3.11. The molecule has 0 aliphatic carbocycles. The third kappa shape index (κ3) is 3.31. The smallest absolute Gasteiger partial charge is 0.423 e. The molecule has 2 N–H and O–H groups in total. The Kier molecular flexibility index (Phi) is 4.81. The average Bonchev–Trinajstić information content (AvgIpc) is 2.28. The number of rotatable bonds is 4. The van der Waals surface area contributed by atoms with Crippen LogP contribution in [0.5, 0.6) is 5.75 Å². The van der Waals surface area contributed by atoms with E-state index in [1.165, 1.54) is 13.8 Å². The van der Waals surface area contributed by atoms with Crippen LogP contribution in [0.15, 0.2) is 0 Å². The van der Waals surface area contributed by atoms with Crippen LogP contribution in [0, 0.1) is 33.1 Å². The van der Waals surface area contributed by atoms with E-state index in [2.05, 4.69) is 10.1 Å². The molecule has 0 saturated carbocycles. The second-order valence-electron chi connectivity index (χ2n) is 4.33. The van der Waals surface area contributed by atoms with Gasteiger partial charge in [-0.25, -0.2) is 0 Å². The molecule has 1 aromatic carbocycles. The maximum absolute atomic E-state index is 12.8. The van der Waals surface area contributed by atoms with E-state index in [1.807, 2.05) is 0 Å². The molecule has 0 aromatic heterocycles. The molecule has 1 aromatic rings. The van der Waals surface area contributed by atoms with E-state index in [4.69, 9.17) is 6.42 Å². The summed E-state index contributed by atoms with van der Waals surface area (Å²) < 4.78 is 38.5. The van der Waals surface area contributed by atoms with Gasteiger partial charge in [-0.2, -0.15) is 8.42 Å². The molecule has 8 heteroatoms. The molecule has 5 nitrogen and oxygen atoms in total. The normalized spacial score (nSPS) is 11.1. The molecule has 0 aliphatic rings. The first-order valence-electron chi connectivity index (χ1n) is 5.66. The fourth-order valence-electron chi connectivity index (χ4n) is 2.24. The van der Waals surface area contributed by atoms with Gasteiger partial charge in [0.15, 0.2) is 5.75 Å². The summed E-state index contributed by atoms with van der Waals surface area (Å²) in [4.78, 5) is 0. The van der Waals surface area contributed by atoms with Crippen LogP contribution in [-0.2, 0) is 16.9 Å². The summed E-state index contributed by atoms with van der Waals surface area (Å²) in [5.74, 6) is 2.11. The highest BCUT2D eigenvalue weighted by atomic mass is 32.3. The zero-order chi connectivity index (χ0) is 15.7. The highest BCUT2D eigenvalue weighted by Gasteiger charge is 2.27. The largest absolute Gasteiger partial charge is 0.489 e. The lowest BCUT2D eigenvalue weighted by Crippen LogP contribution is -2.36. The monoisotopic (exact) mass is 300 g/mol. The maximum Gasteiger partial charge on any atom is 0.489 e. The Morgan fingerprint density at radius 1 is 1.25 bits per heavy atom. The predicted octanol–water partition coefficient (Wildman–Crippen LogP) is 0.0605. The lowest BCUT2D eigenvalue weighted by molar-refractivity contribution is 0.422. The van der Waals surface area contributed by atoms with Gasteiger partial charge in [-0.3, -0.25) is 0 Å². The van der Waals surface area contributed by atoms with Crippen molar-refractivity contribution in [2.75, 3.05) is 0 Å². The van der Waals surface area contributed by atoms with Gasteiger partial charge in [-0.15, -0.1) is 12.3 Å². The van der Waals surface area contributed by atoms with Gasteiger partial charge < -0.3 is 14.2 Å². The molecular formula is C12H14BFO5S. The van der Waals surface area contributed by atoms with Crippen molar-refractivity contribution in [1.82, 2.24) is 0 Å². The van der Waals surface area contributed by atoms with E-state index in [9.17, 15) is 22.4 Å². The van der Waals surface area contributed by atoms with Crippen molar-refractivity contribution in [2.24, 2.45) is 0 Å². The Bertz CT molecular complexity index is 676. The molecule has 0 radical (unpaired) electrons. The van der Waals surface area contributed by atoms with Crippen molar-refractivity contribution < 1.29 is 26.5 Å². The Hall–Kier alpha value is -1.56. The number of benzene rings is 1. The van der Waals surface area contributed by atoms with E-state index in [1.54, 1.807) is 6.92 Å². The SMILES string of the molecule is C#CCc1c(C)c(OS(=O)(=O)F)c(C)c(B(O)O)c1C. The highest BCUT2D eigenvalue weighted by Crippen LogP contribution is 2.29. The lowest BCUT2D eigenvalue weighted by Gasteiger charge is -2.19. The molecule has 0 bridgehead atoms. The van der Waals surface area contributed by atoms with Crippen molar-refractivity contribution in [1.29, 1.82) is 0 Å². The topological polar surface area (TPSA) is 83.8 Å². The summed E-state index contributed by atoms with van der Waals surface area (Å²) in [6.07, 6.45) is 5.36. The van der Waals surface area contributed by atoms with Crippen molar-refractivity contribution in [3.05, 3.63) is 22.3 Å². The lowest BCUT2D eigenvalue weighted by atomic mass is 9.71. The zero-order valence-corrected chi connectivity index (χ0v) is 12.1. The number of hydrogen-bond acceptors (Lipinski definition) is 5. The van der Waals surface area contributed by atoms with Gasteiger partial charge in [0.25, 0.3) is 0 Å². The summed E-state index contributed by atoms with van der Waals surface area (Å²) >= 11 is 0. The summed E-state index contributed by atoms with van der Waals surface area (Å²) in [7, 11) is -7.07. The van der Waals surface area contributed by atoms with E-state index >= 15 is 0 Å². The average molecular weight is 300 g/mol. The first kappa shape index (κ1) is 16.5. The molecule has 0 heterocycles. The Labute approximate surface area is 118 Å². The van der Waals surface area contributed by atoms with Crippen molar-refractivity contribution in [2.45, 2.75) is 27.2 Å². The van der Waals surface area contributed by atoms with E-state index in [-0.39, 0.29) is 23.2 Å². The van der Waals surface area contributed by atoms with Crippen LogP contribution in [0.25, 0.3) is 0 Å². The van der Waals surface area contributed by atoms with Crippen LogP contribution in [-0.4, -0.2) is 25.6 Å². The molecular weight excluding hydrogens is 286 g/mol. The minimum Gasteiger partial charge on any atom is -0.423 e. The second kappa shape index (κ2) is 5.83. The van der Waals surface area contributed by atoms with Crippen LogP contribution < -0.4 is 9.65 Å². The first-order chi connectivity index (χ1) is 9.10. The number of terminal acetylenes is 1. The van der Waals surface area contributed by atoms with Gasteiger partial charge in [0.1, 0.15) is 0 Å². The molecule has 0 fully saturated rings. The molecule has 0 unspecified atom stereocenters. The van der Waals surface area contributed by atoms with Crippen LogP contribution in [0.1, 0.15) is 22.3 Å². The maximum atomic E-state index is 12.8. The van der Waals surface area contributed by atoms with Crippen LogP contribution >= 0.6 is 0 Å². The Morgan fingerprint density at radius 2 is 1.80 bits per heavy atom. The van der Waals surface area contributed by atoms with Gasteiger partial charge in [-0.1, -0.05) is 3.89 Å². The Morgan fingerprint density at radius 3 is 2.20 bits per heavy atom.